The molecule has 0 aromatic heterocycles. The molecule has 0 fully saturated rings. The van der Waals surface area contributed by atoms with Crippen LogP contribution in [0.3, 0.4) is 0 Å². The largest absolute Gasteiger partial charge is 0.504 e. The van der Waals surface area contributed by atoms with Crippen LogP contribution in [0.15, 0.2) is 24.3 Å². The minimum absolute atomic E-state index is 0.139. The fraction of sp³-hybridized carbons (Fsp3) is 0.476. The first-order chi connectivity index (χ1) is 13.6. The maximum Gasteiger partial charge on any atom is 0.408 e. The van der Waals surface area contributed by atoms with Crippen molar-refractivity contribution < 1.29 is 33.7 Å². The van der Waals surface area contributed by atoms with Gasteiger partial charge in [0.15, 0.2) is 17.3 Å². The predicted octanol–water partition coefficient (Wildman–Crippen LogP) is 2.83. The highest BCUT2D eigenvalue weighted by molar-refractivity contribution is 6.01. The Kier molecular flexibility index (Phi) is 6.89. The van der Waals surface area contributed by atoms with Crippen LogP contribution >= 0.6 is 0 Å². The van der Waals surface area contributed by atoms with Crippen molar-refractivity contribution in [3.8, 4) is 11.5 Å². The number of methoxy groups -OCH3 is 2. The summed E-state index contributed by atoms with van der Waals surface area (Å²) in [6.07, 6.45) is 1.09. The van der Waals surface area contributed by atoms with E-state index in [9.17, 15) is 19.5 Å². The van der Waals surface area contributed by atoms with Crippen LogP contribution in [0.1, 0.15) is 39.2 Å². The number of benzene rings is 1. The Balaban J connectivity index is 2.45. The third kappa shape index (κ3) is 5.49. The molecule has 1 aromatic rings. The Morgan fingerprint density at radius 1 is 1.24 bits per heavy atom. The van der Waals surface area contributed by atoms with E-state index in [0.717, 1.165) is 0 Å². The first-order valence-corrected chi connectivity index (χ1v) is 9.25. The standard InChI is InChI=1S/C21H27NO7/c1-21(2,3)29-20(26)22-17(19(25)28-5)13-10-9-12(23)11-15(13)14-7-6-8-16(27-4)18(14)24/h6-8,11,13,17,24H,9-10H2,1-5H3,(H,22,26)/t13?,17-/m0/s1. The Labute approximate surface area is 169 Å². The molecule has 158 valence electrons. The fourth-order valence-electron chi connectivity index (χ4n) is 3.23. The zero-order valence-corrected chi connectivity index (χ0v) is 17.3. The summed E-state index contributed by atoms with van der Waals surface area (Å²) >= 11 is 0. The smallest absolute Gasteiger partial charge is 0.408 e. The van der Waals surface area contributed by atoms with Gasteiger partial charge in [-0.3, -0.25) is 4.79 Å². The number of esters is 1. The number of para-hydroxylation sites is 1. The van der Waals surface area contributed by atoms with Gasteiger partial charge in [-0.25, -0.2) is 9.59 Å². The summed E-state index contributed by atoms with van der Waals surface area (Å²) in [7, 11) is 2.63. The molecule has 29 heavy (non-hydrogen) atoms. The number of ether oxygens (including phenoxy) is 3. The van der Waals surface area contributed by atoms with Gasteiger partial charge in [0.25, 0.3) is 0 Å². The van der Waals surface area contributed by atoms with Gasteiger partial charge in [-0.1, -0.05) is 12.1 Å². The number of carbonyl (C=O) groups excluding carboxylic acids is 3. The Morgan fingerprint density at radius 3 is 2.52 bits per heavy atom. The van der Waals surface area contributed by atoms with Gasteiger partial charge < -0.3 is 24.6 Å². The lowest BCUT2D eigenvalue weighted by molar-refractivity contribution is -0.144. The van der Waals surface area contributed by atoms with Crippen LogP contribution in [-0.2, 0) is 19.1 Å². The van der Waals surface area contributed by atoms with Crippen LogP contribution < -0.4 is 10.1 Å². The van der Waals surface area contributed by atoms with Crippen LogP contribution in [0.4, 0.5) is 4.79 Å². The zero-order chi connectivity index (χ0) is 21.8. The number of allylic oxidation sites excluding steroid dienone is 1. The molecule has 1 aliphatic rings. The van der Waals surface area contributed by atoms with Gasteiger partial charge in [0.05, 0.1) is 14.2 Å². The normalized spacial score (nSPS) is 17.8. The van der Waals surface area contributed by atoms with Crippen molar-refractivity contribution >= 4 is 23.4 Å². The molecule has 0 heterocycles. The van der Waals surface area contributed by atoms with E-state index in [-0.39, 0.29) is 30.1 Å². The number of hydrogen-bond acceptors (Lipinski definition) is 7. The molecule has 2 N–H and O–H groups in total. The van der Waals surface area contributed by atoms with Gasteiger partial charge >= 0.3 is 12.1 Å². The van der Waals surface area contributed by atoms with E-state index in [1.54, 1.807) is 39.0 Å². The molecule has 2 atom stereocenters. The molecule has 2 rings (SSSR count). The molecular weight excluding hydrogens is 378 g/mol. The predicted molar refractivity (Wildman–Crippen MR) is 106 cm³/mol. The van der Waals surface area contributed by atoms with Crippen LogP contribution in [0.5, 0.6) is 11.5 Å². The summed E-state index contributed by atoms with van der Waals surface area (Å²) in [5.74, 6) is -1.34. The molecule has 0 bridgehead atoms. The fourth-order valence-corrected chi connectivity index (χ4v) is 3.23. The number of rotatable bonds is 5. The van der Waals surface area contributed by atoms with E-state index in [4.69, 9.17) is 14.2 Å². The maximum atomic E-state index is 12.5. The molecule has 0 radical (unpaired) electrons. The zero-order valence-electron chi connectivity index (χ0n) is 17.3. The molecule has 8 nitrogen and oxygen atoms in total. The second-order valence-corrected chi connectivity index (χ2v) is 7.71. The lowest BCUT2D eigenvalue weighted by atomic mass is 9.78. The highest BCUT2D eigenvalue weighted by Gasteiger charge is 2.38. The molecule has 0 aliphatic heterocycles. The average Bonchev–Trinajstić information content (AvgIpc) is 2.64. The van der Waals surface area contributed by atoms with Crippen molar-refractivity contribution in [3.05, 3.63) is 29.8 Å². The van der Waals surface area contributed by atoms with Crippen molar-refractivity contribution in [2.24, 2.45) is 5.92 Å². The number of phenols is 1. The maximum absolute atomic E-state index is 12.5. The molecule has 8 heteroatoms. The third-order valence-corrected chi connectivity index (χ3v) is 4.48. The first kappa shape index (κ1) is 22.3. The second-order valence-electron chi connectivity index (χ2n) is 7.71. The van der Waals surface area contributed by atoms with Crippen molar-refractivity contribution in [2.75, 3.05) is 14.2 Å². The molecule has 0 spiro atoms. The van der Waals surface area contributed by atoms with Gasteiger partial charge in [0.1, 0.15) is 11.6 Å². The molecule has 0 saturated heterocycles. The van der Waals surface area contributed by atoms with Crippen LogP contribution in [-0.4, -0.2) is 48.8 Å². The highest BCUT2D eigenvalue weighted by Crippen LogP contribution is 2.41. The summed E-state index contributed by atoms with van der Waals surface area (Å²) in [6.45, 7) is 5.12. The topological polar surface area (TPSA) is 111 Å². The Hall–Kier alpha value is -3.03. The summed E-state index contributed by atoms with van der Waals surface area (Å²) in [4.78, 5) is 36.9. The molecule has 1 amide bonds. The Morgan fingerprint density at radius 2 is 1.93 bits per heavy atom. The number of aromatic hydroxyl groups is 1. The minimum Gasteiger partial charge on any atom is -0.504 e. The van der Waals surface area contributed by atoms with Crippen LogP contribution in [0, 0.1) is 5.92 Å². The molecule has 1 aliphatic carbocycles. The molecule has 1 aromatic carbocycles. The van der Waals surface area contributed by atoms with Gasteiger partial charge in [-0.2, -0.15) is 0 Å². The summed E-state index contributed by atoms with van der Waals surface area (Å²) in [5, 5.41) is 13.1. The SMILES string of the molecule is COC(=O)[C@@H](NC(=O)OC(C)(C)C)C1CCC(=O)C=C1c1cccc(OC)c1O. The Bertz CT molecular complexity index is 823. The van der Waals surface area contributed by atoms with Crippen LogP contribution in [0.25, 0.3) is 5.57 Å². The number of hydrogen-bond donors (Lipinski definition) is 2. The number of carbonyl (C=O) groups is 3. The molecule has 1 unspecified atom stereocenters. The number of ketones is 1. The van der Waals surface area contributed by atoms with E-state index < -0.39 is 29.6 Å². The van der Waals surface area contributed by atoms with E-state index in [0.29, 0.717) is 11.1 Å². The van der Waals surface area contributed by atoms with Crippen molar-refractivity contribution in [1.82, 2.24) is 5.32 Å². The van der Waals surface area contributed by atoms with Gasteiger partial charge in [0.2, 0.25) is 0 Å². The number of amides is 1. The highest BCUT2D eigenvalue weighted by atomic mass is 16.6. The average molecular weight is 405 g/mol. The van der Waals surface area contributed by atoms with Crippen molar-refractivity contribution in [3.63, 3.8) is 0 Å². The van der Waals surface area contributed by atoms with Gasteiger partial charge in [0, 0.05) is 17.9 Å². The number of nitrogens with one attached hydrogen (secondary N) is 1. The number of phenolic OH excluding ortho intramolecular Hbond substituents is 1. The lowest BCUT2D eigenvalue weighted by Crippen LogP contribution is -2.49. The minimum atomic E-state index is -1.10. The summed E-state index contributed by atoms with van der Waals surface area (Å²) in [6, 6.07) is 3.77. The van der Waals surface area contributed by atoms with E-state index in [1.165, 1.54) is 20.3 Å². The second kappa shape index (κ2) is 8.98. The van der Waals surface area contributed by atoms with Gasteiger partial charge in [-0.05, 0) is 44.9 Å². The third-order valence-electron chi connectivity index (χ3n) is 4.48. The lowest BCUT2D eigenvalue weighted by Gasteiger charge is -2.31. The van der Waals surface area contributed by atoms with E-state index in [1.807, 2.05) is 0 Å². The van der Waals surface area contributed by atoms with E-state index >= 15 is 0 Å². The quantitative estimate of drug-likeness (QED) is 0.725. The summed E-state index contributed by atoms with van der Waals surface area (Å²) < 4.78 is 15.3. The van der Waals surface area contributed by atoms with Crippen molar-refractivity contribution in [2.45, 2.75) is 45.3 Å². The monoisotopic (exact) mass is 405 g/mol. The van der Waals surface area contributed by atoms with Crippen LogP contribution in [0.2, 0.25) is 0 Å². The molecule has 0 saturated carbocycles. The summed E-state index contributed by atoms with van der Waals surface area (Å²) in [5.41, 5.74) is 0.0169. The van der Waals surface area contributed by atoms with E-state index in [2.05, 4.69) is 5.32 Å². The first-order valence-electron chi connectivity index (χ1n) is 9.25. The molecular formula is C21H27NO7. The van der Waals surface area contributed by atoms with Crippen molar-refractivity contribution in [1.29, 1.82) is 0 Å². The van der Waals surface area contributed by atoms with Gasteiger partial charge in [-0.15, -0.1) is 0 Å². The number of alkyl carbamates (subject to hydrolysis) is 1.